The van der Waals surface area contributed by atoms with Gasteiger partial charge in [0.25, 0.3) is 5.56 Å². The average molecular weight is 577 g/mol. The van der Waals surface area contributed by atoms with E-state index >= 15 is 0 Å². The summed E-state index contributed by atoms with van der Waals surface area (Å²) in [6, 6.07) is 27.9. The molecule has 0 unspecified atom stereocenters. The zero-order valence-corrected chi connectivity index (χ0v) is 24.0. The summed E-state index contributed by atoms with van der Waals surface area (Å²) in [5.41, 5.74) is 3.12. The van der Waals surface area contributed by atoms with Gasteiger partial charge in [0.1, 0.15) is 29.4 Å². The fourth-order valence-corrected chi connectivity index (χ4v) is 5.56. The molecule has 0 atom stereocenters. The number of rotatable bonds is 11. The van der Waals surface area contributed by atoms with E-state index < -0.39 is 5.69 Å². The van der Waals surface area contributed by atoms with Gasteiger partial charge in [0, 0.05) is 24.1 Å². The summed E-state index contributed by atoms with van der Waals surface area (Å²) in [5.74, 6) is 2.01. The number of ketones is 1. The maximum Gasteiger partial charge on any atom is 0.331 e. The first-order valence-electron chi connectivity index (χ1n) is 14.4. The molecule has 0 spiro atoms. The molecule has 1 aliphatic rings. The van der Waals surface area contributed by atoms with E-state index in [4.69, 9.17) is 14.2 Å². The number of hydrogen-bond donors (Lipinski definition) is 0. The minimum absolute atomic E-state index is 0.118. The zero-order chi connectivity index (χ0) is 29.8. The predicted molar refractivity (Wildman–Crippen MR) is 165 cm³/mol. The molecule has 1 aromatic heterocycles. The molecule has 6 rings (SSSR count). The molecular weight excluding hydrogens is 544 g/mol. The molecule has 0 N–H and O–H groups in total. The van der Waals surface area contributed by atoms with Crippen LogP contribution < -0.4 is 25.5 Å². The van der Waals surface area contributed by atoms with Crippen molar-refractivity contribution < 1.29 is 19.0 Å². The van der Waals surface area contributed by atoms with E-state index in [1.807, 2.05) is 60.7 Å². The van der Waals surface area contributed by atoms with Gasteiger partial charge in [-0.05, 0) is 54.3 Å². The molecule has 218 valence electrons. The van der Waals surface area contributed by atoms with Gasteiger partial charge < -0.3 is 14.2 Å². The minimum atomic E-state index is -0.421. The number of Topliss-reactive ketones (excluding diaryl/α,β-unsaturated/α-hetero) is 1. The Morgan fingerprint density at radius 1 is 0.721 bits per heavy atom. The van der Waals surface area contributed by atoms with Crippen LogP contribution in [0.15, 0.2) is 101 Å². The molecule has 1 heterocycles. The number of benzene rings is 4. The van der Waals surface area contributed by atoms with E-state index in [-0.39, 0.29) is 17.9 Å². The van der Waals surface area contributed by atoms with Crippen LogP contribution in [0.3, 0.4) is 0 Å². The predicted octanol–water partition coefficient (Wildman–Crippen LogP) is 5.40. The van der Waals surface area contributed by atoms with Crippen LogP contribution in [0, 0.1) is 0 Å². The molecule has 5 aromatic rings. The highest BCUT2D eigenvalue weighted by Gasteiger charge is 2.23. The van der Waals surface area contributed by atoms with Crippen LogP contribution in [-0.2, 0) is 26.1 Å². The molecule has 1 aliphatic carbocycles. The summed E-state index contributed by atoms with van der Waals surface area (Å²) >= 11 is 0. The van der Waals surface area contributed by atoms with Crippen LogP contribution in [0.5, 0.6) is 17.2 Å². The third-order valence-corrected chi connectivity index (χ3v) is 7.76. The third-order valence-electron chi connectivity index (χ3n) is 7.76. The largest absolute Gasteiger partial charge is 0.497 e. The highest BCUT2D eigenvalue weighted by molar-refractivity contribution is 6.01. The van der Waals surface area contributed by atoms with E-state index in [0.29, 0.717) is 67.2 Å². The summed E-state index contributed by atoms with van der Waals surface area (Å²) < 4.78 is 20.4. The maximum absolute atomic E-state index is 14.0. The van der Waals surface area contributed by atoms with Gasteiger partial charge in [-0.15, -0.1) is 0 Å². The van der Waals surface area contributed by atoms with E-state index in [1.54, 1.807) is 42.0 Å². The van der Waals surface area contributed by atoms with Gasteiger partial charge in [-0.1, -0.05) is 60.7 Å². The van der Waals surface area contributed by atoms with Crippen molar-refractivity contribution in [1.82, 2.24) is 9.13 Å². The lowest BCUT2D eigenvalue weighted by molar-refractivity contribution is 0.0994. The average Bonchev–Trinajstić information content (AvgIpc) is 3.43. The Balaban J connectivity index is 1.33. The maximum atomic E-state index is 14.0. The quantitative estimate of drug-likeness (QED) is 0.196. The molecule has 0 bridgehead atoms. The van der Waals surface area contributed by atoms with Crippen molar-refractivity contribution in [1.29, 1.82) is 0 Å². The van der Waals surface area contributed by atoms with Crippen molar-refractivity contribution in [3.63, 3.8) is 0 Å². The van der Waals surface area contributed by atoms with Crippen molar-refractivity contribution in [2.45, 2.75) is 39.0 Å². The lowest BCUT2D eigenvalue weighted by Gasteiger charge is -2.18. The van der Waals surface area contributed by atoms with Crippen molar-refractivity contribution in [2.75, 3.05) is 13.7 Å². The van der Waals surface area contributed by atoms with E-state index in [0.717, 1.165) is 22.3 Å². The SMILES string of the molecule is COc1ccc(Cn2c(=O)c3cccc(OCc4ccccc4)c3n(CCCOc3cccc4c3CCC4=O)c2=O)cc1. The van der Waals surface area contributed by atoms with E-state index in [1.165, 1.54) is 4.57 Å². The van der Waals surface area contributed by atoms with Crippen molar-refractivity contribution in [3.05, 3.63) is 134 Å². The molecule has 8 heteroatoms. The number of fused-ring (bicyclic) bond motifs is 2. The fourth-order valence-electron chi connectivity index (χ4n) is 5.56. The Kier molecular flexibility index (Phi) is 8.09. The molecule has 0 saturated heterocycles. The molecule has 0 fully saturated rings. The van der Waals surface area contributed by atoms with Gasteiger partial charge >= 0.3 is 5.69 Å². The van der Waals surface area contributed by atoms with Crippen LogP contribution in [0.1, 0.15) is 39.9 Å². The standard InChI is InChI=1S/C35H32N2O6/c1-41-26-16-14-24(15-17-26)22-37-34(39)29-11-6-13-32(43-23-25-8-3-2-4-9-25)33(29)36(35(37)40)20-7-21-42-31-12-5-10-27-28(31)18-19-30(27)38/h2-6,8-17H,7,18-23H2,1H3. The molecule has 43 heavy (non-hydrogen) atoms. The van der Waals surface area contributed by atoms with Crippen LogP contribution in [-0.4, -0.2) is 28.6 Å². The summed E-state index contributed by atoms with van der Waals surface area (Å²) in [7, 11) is 1.59. The van der Waals surface area contributed by atoms with Crippen LogP contribution in [0.4, 0.5) is 0 Å². The lowest BCUT2D eigenvalue weighted by atomic mass is 10.1. The van der Waals surface area contributed by atoms with Crippen LogP contribution in [0.25, 0.3) is 10.9 Å². The minimum Gasteiger partial charge on any atom is -0.497 e. The number of carbonyl (C=O) groups is 1. The molecule has 0 aliphatic heterocycles. The highest BCUT2D eigenvalue weighted by Crippen LogP contribution is 2.30. The number of para-hydroxylation sites is 1. The first-order chi connectivity index (χ1) is 21.0. The van der Waals surface area contributed by atoms with Crippen LogP contribution in [0.2, 0.25) is 0 Å². The van der Waals surface area contributed by atoms with Gasteiger partial charge in [0.05, 0.1) is 25.6 Å². The Hall–Kier alpha value is -5.11. The van der Waals surface area contributed by atoms with Crippen LogP contribution >= 0.6 is 0 Å². The second-order valence-corrected chi connectivity index (χ2v) is 10.5. The van der Waals surface area contributed by atoms with Gasteiger partial charge in [-0.2, -0.15) is 0 Å². The second kappa shape index (κ2) is 12.4. The number of aromatic nitrogens is 2. The highest BCUT2D eigenvalue weighted by atomic mass is 16.5. The Labute approximate surface area is 248 Å². The summed E-state index contributed by atoms with van der Waals surface area (Å²) in [4.78, 5) is 39.9. The first kappa shape index (κ1) is 28.0. The Morgan fingerprint density at radius 2 is 1.49 bits per heavy atom. The fraction of sp³-hybridized carbons (Fsp3) is 0.229. The molecule has 4 aromatic carbocycles. The summed E-state index contributed by atoms with van der Waals surface area (Å²) in [6.07, 6.45) is 1.67. The smallest absolute Gasteiger partial charge is 0.331 e. The van der Waals surface area contributed by atoms with E-state index in [9.17, 15) is 14.4 Å². The third kappa shape index (κ3) is 5.81. The number of aryl methyl sites for hydroxylation is 1. The Morgan fingerprint density at radius 3 is 2.28 bits per heavy atom. The topological polar surface area (TPSA) is 88.8 Å². The zero-order valence-electron chi connectivity index (χ0n) is 24.0. The Bertz CT molecular complexity index is 1890. The van der Waals surface area contributed by atoms with Gasteiger partial charge in [-0.25, -0.2) is 4.79 Å². The summed E-state index contributed by atoms with van der Waals surface area (Å²) in [5, 5.41) is 0.402. The van der Waals surface area contributed by atoms with Crippen molar-refractivity contribution in [3.8, 4) is 17.2 Å². The van der Waals surface area contributed by atoms with Gasteiger partial charge in [-0.3, -0.25) is 18.7 Å². The van der Waals surface area contributed by atoms with Crippen molar-refractivity contribution in [2.24, 2.45) is 0 Å². The first-order valence-corrected chi connectivity index (χ1v) is 14.4. The molecule has 0 radical (unpaired) electrons. The van der Waals surface area contributed by atoms with Gasteiger partial charge in [0.2, 0.25) is 0 Å². The normalized spacial score (nSPS) is 12.3. The number of hydrogen-bond acceptors (Lipinski definition) is 6. The molecular formula is C35H32N2O6. The summed E-state index contributed by atoms with van der Waals surface area (Å²) in [6.45, 7) is 1.05. The molecule has 0 saturated carbocycles. The number of carbonyl (C=O) groups excluding carboxylic acids is 1. The van der Waals surface area contributed by atoms with E-state index in [2.05, 4.69) is 0 Å². The lowest BCUT2D eigenvalue weighted by Crippen LogP contribution is -2.40. The number of ether oxygens (including phenoxy) is 3. The number of methoxy groups -OCH3 is 1. The second-order valence-electron chi connectivity index (χ2n) is 10.5. The van der Waals surface area contributed by atoms with Crippen molar-refractivity contribution >= 4 is 16.7 Å². The van der Waals surface area contributed by atoms with Gasteiger partial charge in [0.15, 0.2) is 5.78 Å². The molecule has 0 amide bonds. The monoisotopic (exact) mass is 576 g/mol. The number of nitrogens with zero attached hydrogens (tertiary/aromatic N) is 2. The molecule has 8 nitrogen and oxygen atoms in total.